The second kappa shape index (κ2) is 6.58. The first-order valence-corrected chi connectivity index (χ1v) is 8.00. The van der Waals surface area contributed by atoms with Crippen LogP contribution in [-0.4, -0.2) is 54.6 Å². The van der Waals surface area contributed by atoms with Crippen LogP contribution in [0.5, 0.6) is 0 Å². The van der Waals surface area contributed by atoms with E-state index in [0.29, 0.717) is 11.9 Å². The molecule has 2 aliphatic rings. The summed E-state index contributed by atoms with van der Waals surface area (Å²) in [7, 11) is 2.15. The van der Waals surface area contributed by atoms with Gasteiger partial charge in [0, 0.05) is 12.6 Å². The Labute approximate surface area is 127 Å². The van der Waals surface area contributed by atoms with E-state index in [1.165, 1.54) is 12.0 Å². The van der Waals surface area contributed by atoms with Crippen molar-refractivity contribution in [3.05, 3.63) is 35.9 Å². The summed E-state index contributed by atoms with van der Waals surface area (Å²) in [5.74, 6) is 0.297. The van der Waals surface area contributed by atoms with Gasteiger partial charge in [-0.15, -0.1) is 0 Å². The lowest BCUT2D eigenvalue weighted by atomic mass is 10.0. The molecular weight excluding hydrogens is 262 g/mol. The number of likely N-dealkylation sites (tertiary alicyclic amines) is 1. The van der Waals surface area contributed by atoms with E-state index in [1.54, 1.807) is 0 Å². The lowest BCUT2D eigenvalue weighted by Crippen LogP contribution is -2.48. The molecule has 1 aromatic carbocycles. The Morgan fingerprint density at radius 1 is 1.29 bits per heavy atom. The number of nitrogens with zero attached hydrogens (tertiary/aromatic N) is 2. The number of hydrogen-bond acceptors (Lipinski definition) is 3. The van der Waals surface area contributed by atoms with Crippen molar-refractivity contribution in [2.24, 2.45) is 0 Å². The largest absolute Gasteiger partial charge is 0.324 e. The summed E-state index contributed by atoms with van der Waals surface area (Å²) in [6, 6.07) is 10.8. The van der Waals surface area contributed by atoms with Crippen LogP contribution in [0, 0.1) is 0 Å². The molecule has 21 heavy (non-hydrogen) atoms. The molecular formula is C17H25N3O. The highest BCUT2D eigenvalue weighted by Gasteiger charge is 2.36. The van der Waals surface area contributed by atoms with E-state index >= 15 is 0 Å². The average Bonchev–Trinajstić information content (AvgIpc) is 2.87. The summed E-state index contributed by atoms with van der Waals surface area (Å²) in [5, 5.41) is 3.40. The van der Waals surface area contributed by atoms with Crippen LogP contribution in [0.25, 0.3) is 0 Å². The average molecular weight is 287 g/mol. The van der Waals surface area contributed by atoms with E-state index in [0.717, 1.165) is 39.0 Å². The summed E-state index contributed by atoms with van der Waals surface area (Å²) in [6.45, 7) is 2.89. The SMILES string of the molecule is CN1CCCC(N2CNC(CCc3ccccc3)C2=O)C1. The molecule has 2 heterocycles. The van der Waals surface area contributed by atoms with E-state index in [4.69, 9.17) is 0 Å². The summed E-state index contributed by atoms with van der Waals surface area (Å²) < 4.78 is 0. The lowest BCUT2D eigenvalue weighted by molar-refractivity contribution is -0.131. The second-order valence-electron chi connectivity index (χ2n) is 6.31. The molecule has 0 aromatic heterocycles. The fraction of sp³-hybridized carbons (Fsp3) is 0.588. The van der Waals surface area contributed by atoms with Gasteiger partial charge in [-0.1, -0.05) is 30.3 Å². The molecule has 2 unspecified atom stereocenters. The van der Waals surface area contributed by atoms with Gasteiger partial charge >= 0.3 is 0 Å². The van der Waals surface area contributed by atoms with Crippen LogP contribution in [0.15, 0.2) is 30.3 Å². The van der Waals surface area contributed by atoms with Crippen LogP contribution < -0.4 is 5.32 Å². The first-order valence-electron chi connectivity index (χ1n) is 8.00. The minimum absolute atomic E-state index is 0.00237. The summed E-state index contributed by atoms with van der Waals surface area (Å²) in [4.78, 5) is 17.0. The zero-order chi connectivity index (χ0) is 14.7. The van der Waals surface area contributed by atoms with E-state index in [9.17, 15) is 4.79 Å². The van der Waals surface area contributed by atoms with E-state index in [-0.39, 0.29) is 6.04 Å². The number of rotatable bonds is 4. The summed E-state index contributed by atoms with van der Waals surface area (Å²) >= 11 is 0. The van der Waals surface area contributed by atoms with Gasteiger partial charge in [-0.3, -0.25) is 10.1 Å². The van der Waals surface area contributed by atoms with E-state index in [2.05, 4.69) is 46.4 Å². The van der Waals surface area contributed by atoms with Gasteiger partial charge in [-0.2, -0.15) is 0 Å². The summed E-state index contributed by atoms with van der Waals surface area (Å²) in [5.41, 5.74) is 1.31. The van der Waals surface area contributed by atoms with Gasteiger partial charge in [0.25, 0.3) is 0 Å². The third-order valence-electron chi connectivity index (χ3n) is 4.69. The number of benzene rings is 1. The van der Waals surface area contributed by atoms with E-state index in [1.807, 2.05) is 6.07 Å². The molecule has 1 amide bonds. The number of carbonyl (C=O) groups is 1. The molecule has 2 fully saturated rings. The minimum atomic E-state index is -0.00237. The van der Waals surface area contributed by atoms with Crippen molar-refractivity contribution in [2.45, 2.75) is 37.8 Å². The van der Waals surface area contributed by atoms with Crippen molar-refractivity contribution in [1.82, 2.24) is 15.1 Å². The predicted octanol–water partition coefficient (Wildman–Crippen LogP) is 1.47. The zero-order valence-corrected chi connectivity index (χ0v) is 12.8. The monoisotopic (exact) mass is 287 g/mol. The molecule has 114 valence electrons. The highest BCUT2D eigenvalue weighted by Crippen LogP contribution is 2.19. The molecule has 4 nitrogen and oxygen atoms in total. The topological polar surface area (TPSA) is 35.6 Å². The normalized spacial score (nSPS) is 27.3. The molecule has 2 aliphatic heterocycles. The van der Waals surface area contributed by atoms with E-state index < -0.39 is 0 Å². The van der Waals surface area contributed by atoms with Crippen molar-refractivity contribution in [3.63, 3.8) is 0 Å². The lowest BCUT2D eigenvalue weighted by Gasteiger charge is -2.35. The van der Waals surface area contributed by atoms with Gasteiger partial charge in [0.2, 0.25) is 5.91 Å². The maximum Gasteiger partial charge on any atom is 0.241 e. The molecule has 1 aromatic rings. The van der Waals surface area contributed by atoms with Crippen molar-refractivity contribution >= 4 is 5.91 Å². The molecule has 0 radical (unpaired) electrons. The number of amides is 1. The van der Waals surface area contributed by atoms with Crippen molar-refractivity contribution in [2.75, 3.05) is 26.8 Å². The molecule has 4 heteroatoms. The minimum Gasteiger partial charge on any atom is -0.324 e. The van der Waals surface area contributed by atoms with Crippen LogP contribution in [0.1, 0.15) is 24.8 Å². The Morgan fingerprint density at radius 3 is 2.86 bits per heavy atom. The van der Waals surface area contributed by atoms with Gasteiger partial charge in [0.05, 0.1) is 12.7 Å². The van der Waals surface area contributed by atoms with Crippen molar-refractivity contribution in [1.29, 1.82) is 0 Å². The fourth-order valence-corrected chi connectivity index (χ4v) is 3.46. The molecule has 0 saturated carbocycles. The van der Waals surface area contributed by atoms with Gasteiger partial charge in [-0.05, 0) is 44.8 Å². The standard InChI is InChI=1S/C17H25N3O/c1-19-11-5-8-15(12-19)20-13-18-16(17(20)21)10-9-14-6-3-2-4-7-14/h2-4,6-7,15-16,18H,5,8-13H2,1H3. The van der Waals surface area contributed by atoms with Gasteiger partial charge in [0.15, 0.2) is 0 Å². The number of piperidine rings is 1. The first kappa shape index (κ1) is 14.5. The number of likely N-dealkylation sites (N-methyl/N-ethyl adjacent to an activating group) is 1. The highest BCUT2D eigenvalue weighted by molar-refractivity contribution is 5.84. The number of carbonyl (C=O) groups excluding carboxylic acids is 1. The maximum atomic E-state index is 12.6. The van der Waals surface area contributed by atoms with Crippen molar-refractivity contribution < 1.29 is 4.79 Å². The quantitative estimate of drug-likeness (QED) is 0.911. The highest BCUT2D eigenvalue weighted by atomic mass is 16.2. The number of hydrogen-bond donors (Lipinski definition) is 1. The molecule has 0 bridgehead atoms. The van der Waals surface area contributed by atoms with Crippen molar-refractivity contribution in [3.8, 4) is 0 Å². The van der Waals surface area contributed by atoms with Gasteiger partial charge < -0.3 is 9.80 Å². The van der Waals surface area contributed by atoms with Gasteiger partial charge in [0.1, 0.15) is 0 Å². The smallest absolute Gasteiger partial charge is 0.241 e. The molecule has 3 rings (SSSR count). The molecule has 2 saturated heterocycles. The zero-order valence-electron chi connectivity index (χ0n) is 12.8. The van der Waals surface area contributed by atoms with Gasteiger partial charge in [-0.25, -0.2) is 0 Å². The number of nitrogens with one attached hydrogen (secondary N) is 1. The van der Waals surface area contributed by atoms with Crippen LogP contribution in [0.3, 0.4) is 0 Å². The molecule has 2 atom stereocenters. The number of aryl methyl sites for hydroxylation is 1. The van der Waals surface area contributed by atoms with Crippen LogP contribution in [0.2, 0.25) is 0 Å². The Balaban J connectivity index is 1.54. The summed E-state index contributed by atoms with van der Waals surface area (Å²) in [6.07, 6.45) is 4.19. The Hall–Kier alpha value is -1.39. The second-order valence-corrected chi connectivity index (χ2v) is 6.31. The Kier molecular flexibility index (Phi) is 4.56. The molecule has 0 aliphatic carbocycles. The molecule has 0 spiro atoms. The van der Waals surface area contributed by atoms with Crippen LogP contribution in [-0.2, 0) is 11.2 Å². The third kappa shape index (κ3) is 3.44. The maximum absolute atomic E-state index is 12.6. The van der Waals surface area contributed by atoms with Crippen LogP contribution in [0.4, 0.5) is 0 Å². The fourth-order valence-electron chi connectivity index (χ4n) is 3.46. The predicted molar refractivity (Wildman–Crippen MR) is 83.9 cm³/mol. The molecule has 1 N–H and O–H groups in total. The Morgan fingerprint density at radius 2 is 2.10 bits per heavy atom. The Bertz CT molecular complexity index is 476. The van der Waals surface area contributed by atoms with Crippen LogP contribution >= 0.6 is 0 Å². The third-order valence-corrected chi connectivity index (χ3v) is 4.69. The first-order chi connectivity index (χ1) is 10.2.